The molecule has 2 rings (SSSR count). The molecule has 2 amide bonds. The number of nitrogens with one attached hydrogen (secondary N) is 1. The minimum absolute atomic E-state index is 0.0144. The van der Waals surface area contributed by atoms with Crippen LogP contribution in [0.5, 0.6) is 0 Å². The highest BCUT2D eigenvalue weighted by Crippen LogP contribution is 2.19. The van der Waals surface area contributed by atoms with Gasteiger partial charge in [-0.1, -0.05) is 36.8 Å². The highest BCUT2D eigenvalue weighted by molar-refractivity contribution is 5.89. The van der Waals surface area contributed by atoms with Gasteiger partial charge < -0.3 is 10.2 Å². The third-order valence-electron chi connectivity index (χ3n) is 4.38. The Morgan fingerprint density at radius 2 is 2.05 bits per heavy atom. The molecule has 0 spiro atoms. The van der Waals surface area contributed by atoms with Crippen LogP contribution in [0.25, 0.3) is 0 Å². The fourth-order valence-electron chi connectivity index (χ4n) is 2.65. The van der Waals surface area contributed by atoms with Crippen molar-refractivity contribution in [2.24, 2.45) is 5.92 Å². The first kappa shape index (κ1) is 16.5. The summed E-state index contributed by atoms with van der Waals surface area (Å²) in [6.07, 6.45) is 2.09. The zero-order valence-corrected chi connectivity index (χ0v) is 13.8. The summed E-state index contributed by atoms with van der Waals surface area (Å²) in [6, 6.07) is 8.54. The lowest BCUT2D eigenvalue weighted by atomic mass is 10.1. The quantitative estimate of drug-likeness (QED) is 0.876. The number of amides is 2. The molecule has 4 nitrogen and oxygen atoms in total. The second kappa shape index (κ2) is 7.43. The summed E-state index contributed by atoms with van der Waals surface area (Å²) in [4.78, 5) is 26.0. The molecule has 2 atom stereocenters. The molecule has 1 fully saturated rings. The van der Waals surface area contributed by atoms with E-state index in [0.29, 0.717) is 19.5 Å². The van der Waals surface area contributed by atoms with Crippen LogP contribution in [0.3, 0.4) is 0 Å². The molecule has 1 aromatic carbocycles. The van der Waals surface area contributed by atoms with E-state index in [0.717, 1.165) is 12.8 Å². The first-order chi connectivity index (χ1) is 10.5. The highest BCUT2D eigenvalue weighted by Gasteiger charge is 2.34. The van der Waals surface area contributed by atoms with E-state index in [4.69, 9.17) is 0 Å². The van der Waals surface area contributed by atoms with Gasteiger partial charge in [-0.2, -0.15) is 0 Å². The van der Waals surface area contributed by atoms with Crippen molar-refractivity contribution >= 4 is 11.8 Å². The highest BCUT2D eigenvalue weighted by atomic mass is 16.2. The van der Waals surface area contributed by atoms with E-state index in [1.165, 1.54) is 11.1 Å². The first-order valence-electron chi connectivity index (χ1n) is 8.13. The third-order valence-corrected chi connectivity index (χ3v) is 4.38. The van der Waals surface area contributed by atoms with E-state index >= 15 is 0 Å². The van der Waals surface area contributed by atoms with Gasteiger partial charge in [0.15, 0.2) is 0 Å². The van der Waals surface area contributed by atoms with Crippen LogP contribution in [0.2, 0.25) is 0 Å². The standard InChI is InChI=1S/C18H26N2O2/c1-4-14(3)19-18(22)16-11-17(21)20(12-16)10-9-15-7-5-13(2)6-8-15/h5-8,14,16H,4,9-12H2,1-3H3,(H,19,22). The van der Waals surface area contributed by atoms with Crippen LogP contribution >= 0.6 is 0 Å². The normalized spacial score (nSPS) is 19.3. The summed E-state index contributed by atoms with van der Waals surface area (Å²) >= 11 is 0. The maximum Gasteiger partial charge on any atom is 0.225 e. The van der Waals surface area contributed by atoms with Gasteiger partial charge in [-0.25, -0.2) is 0 Å². The number of likely N-dealkylation sites (tertiary alicyclic amines) is 1. The first-order valence-corrected chi connectivity index (χ1v) is 8.13. The Morgan fingerprint density at radius 1 is 1.36 bits per heavy atom. The second-order valence-electron chi connectivity index (χ2n) is 6.29. The lowest BCUT2D eigenvalue weighted by Crippen LogP contribution is -2.38. The smallest absolute Gasteiger partial charge is 0.225 e. The number of hydrogen-bond donors (Lipinski definition) is 1. The molecule has 0 radical (unpaired) electrons. The molecule has 22 heavy (non-hydrogen) atoms. The molecule has 0 aromatic heterocycles. The summed E-state index contributed by atoms with van der Waals surface area (Å²) in [5, 5.41) is 2.97. The van der Waals surface area contributed by atoms with Crippen LogP contribution in [0.1, 0.15) is 37.8 Å². The fourth-order valence-corrected chi connectivity index (χ4v) is 2.65. The van der Waals surface area contributed by atoms with Gasteiger partial charge in [-0.05, 0) is 32.3 Å². The number of benzene rings is 1. The minimum Gasteiger partial charge on any atom is -0.353 e. The largest absolute Gasteiger partial charge is 0.353 e. The Hall–Kier alpha value is -1.84. The predicted octanol–water partition coefficient (Wildman–Crippen LogP) is 2.30. The molecule has 0 aliphatic carbocycles. The predicted molar refractivity (Wildman–Crippen MR) is 87.5 cm³/mol. The van der Waals surface area contributed by atoms with Crippen LogP contribution in [-0.2, 0) is 16.0 Å². The van der Waals surface area contributed by atoms with Crippen molar-refractivity contribution in [1.82, 2.24) is 10.2 Å². The van der Waals surface area contributed by atoms with E-state index in [2.05, 4.69) is 36.5 Å². The summed E-state index contributed by atoms with van der Waals surface area (Å²) in [6.45, 7) is 7.33. The van der Waals surface area contributed by atoms with Crippen LogP contribution < -0.4 is 5.32 Å². The summed E-state index contributed by atoms with van der Waals surface area (Å²) in [5.74, 6) is -0.0866. The number of hydrogen-bond acceptors (Lipinski definition) is 2. The number of carbonyl (C=O) groups excluding carboxylic acids is 2. The number of carbonyl (C=O) groups is 2. The molecule has 1 heterocycles. The van der Waals surface area contributed by atoms with Crippen LogP contribution in [0.4, 0.5) is 0 Å². The number of aryl methyl sites for hydroxylation is 1. The zero-order valence-electron chi connectivity index (χ0n) is 13.8. The molecule has 1 saturated heterocycles. The van der Waals surface area contributed by atoms with E-state index in [9.17, 15) is 9.59 Å². The Labute approximate surface area is 132 Å². The number of nitrogens with zero attached hydrogens (tertiary/aromatic N) is 1. The maximum atomic E-state index is 12.1. The SMILES string of the molecule is CCC(C)NC(=O)C1CC(=O)N(CCc2ccc(C)cc2)C1. The summed E-state index contributed by atoms with van der Waals surface area (Å²) < 4.78 is 0. The van der Waals surface area contributed by atoms with Gasteiger partial charge in [0.25, 0.3) is 0 Å². The molecule has 0 saturated carbocycles. The van der Waals surface area contributed by atoms with E-state index in [1.807, 2.05) is 18.7 Å². The average molecular weight is 302 g/mol. The van der Waals surface area contributed by atoms with Gasteiger partial charge in [0.05, 0.1) is 5.92 Å². The Morgan fingerprint density at radius 3 is 2.68 bits per heavy atom. The van der Waals surface area contributed by atoms with Gasteiger partial charge in [-0.3, -0.25) is 9.59 Å². The lowest BCUT2D eigenvalue weighted by Gasteiger charge is -2.18. The lowest BCUT2D eigenvalue weighted by molar-refractivity contribution is -0.129. The van der Waals surface area contributed by atoms with Gasteiger partial charge >= 0.3 is 0 Å². The van der Waals surface area contributed by atoms with Crippen molar-refractivity contribution in [2.75, 3.05) is 13.1 Å². The zero-order chi connectivity index (χ0) is 16.1. The summed E-state index contributed by atoms with van der Waals surface area (Å²) in [7, 11) is 0. The van der Waals surface area contributed by atoms with Gasteiger partial charge in [0, 0.05) is 25.6 Å². The summed E-state index contributed by atoms with van der Waals surface area (Å²) in [5.41, 5.74) is 2.47. The molecule has 1 aromatic rings. The van der Waals surface area contributed by atoms with Crippen molar-refractivity contribution in [3.8, 4) is 0 Å². The van der Waals surface area contributed by atoms with E-state index < -0.39 is 0 Å². The topological polar surface area (TPSA) is 49.4 Å². The molecule has 1 N–H and O–H groups in total. The molecule has 4 heteroatoms. The van der Waals surface area contributed by atoms with Crippen molar-refractivity contribution in [2.45, 2.75) is 46.1 Å². The van der Waals surface area contributed by atoms with Gasteiger partial charge in [-0.15, -0.1) is 0 Å². The van der Waals surface area contributed by atoms with Crippen molar-refractivity contribution in [3.05, 3.63) is 35.4 Å². The van der Waals surface area contributed by atoms with E-state index in [-0.39, 0.29) is 23.8 Å². The second-order valence-corrected chi connectivity index (χ2v) is 6.29. The number of rotatable bonds is 6. The Bertz CT molecular complexity index is 524. The van der Waals surface area contributed by atoms with Crippen molar-refractivity contribution < 1.29 is 9.59 Å². The van der Waals surface area contributed by atoms with Gasteiger partial charge in [0.1, 0.15) is 0 Å². The monoisotopic (exact) mass is 302 g/mol. The molecule has 1 aliphatic rings. The molecular weight excluding hydrogens is 276 g/mol. The van der Waals surface area contributed by atoms with Crippen molar-refractivity contribution in [3.63, 3.8) is 0 Å². The third kappa shape index (κ3) is 4.33. The van der Waals surface area contributed by atoms with Crippen LogP contribution in [0, 0.1) is 12.8 Å². The van der Waals surface area contributed by atoms with Crippen molar-refractivity contribution in [1.29, 1.82) is 0 Å². The molecule has 1 aliphatic heterocycles. The molecule has 120 valence electrons. The molecule has 0 bridgehead atoms. The molecular formula is C18H26N2O2. The van der Waals surface area contributed by atoms with E-state index in [1.54, 1.807) is 0 Å². The minimum atomic E-state index is -0.195. The van der Waals surface area contributed by atoms with Gasteiger partial charge in [0.2, 0.25) is 11.8 Å². The fraction of sp³-hybridized carbons (Fsp3) is 0.556. The maximum absolute atomic E-state index is 12.1. The average Bonchev–Trinajstić information content (AvgIpc) is 2.88. The Balaban J connectivity index is 1.84. The van der Waals surface area contributed by atoms with Crippen LogP contribution in [-0.4, -0.2) is 35.8 Å². The Kier molecular flexibility index (Phi) is 5.58. The van der Waals surface area contributed by atoms with Crippen LogP contribution in [0.15, 0.2) is 24.3 Å². The molecule has 2 unspecified atom stereocenters.